The van der Waals surface area contributed by atoms with Crippen molar-refractivity contribution in [2.24, 2.45) is 0 Å². The molecule has 2 aliphatic rings. The predicted octanol–water partition coefficient (Wildman–Crippen LogP) is 2.68. The molecule has 0 bridgehead atoms. The van der Waals surface area contributed by atoms with Crippen LogP contribution in [0.3, 0.4) is 0 Å². The average molecular weight is 368 g/mol. The molecule has 8 nitrogen and oxygen atoms in total. The van der Waals surface area contributed by atoms with E-state index < -0.39 is 0 Å². The van der Waals surface area contributed by atoms with Crippen molar-refractivity contribution in [3.8, 4) is 11.5 Å². The largest absolute Gasteiger partial charge is 0.336 e. The van der Waals surface area contributed by atoms with E-state index in [0.717, 1.165) is 54.8 Å². The first-order chi connectivity index (χ1) is 13.2. The van der Waals surface area contributed by atoms with Crippen molar-refractivity contribution in [1.82, 2.24) is 30.5 Å². The zero-order valence-corrected chi connectivity index (χ0v) is 15.7. The monoisotopic (exact) mass is 368 g/mol. The Labute approximate surface area is 157 Å². The van der Waals surface area contributed by atoms with E-state index in [0.29, 0.717) is 23.3 Å². The second-order valence-corrected chi connectivity index (χ2v) is 7.59. The van der Waals surface area contributed by atoms with Crippen molar-refractivity contribution in [2.45, 2.75) is 44.6 Å². The highest BCUT2D eigenvalue weighted by molar-refractivity contribution is 5.91. The molecule has 0 spiro atoms. The van der Waals surface area contributed by atoms with Crippen molar-refractivity contribution in [2.75, 3.05) is 26.7 Å². The molecule has 1 aliphatic carbocycles. The number of nitrogens with zero attached hydrogens (tertiary/aromatic N) is 5. The number of likely N-dealkylation sites (N-methyl/N-ethyl adjacent to an activating group) is 1. The van der Waals surface area contributed by atoms with Crippen LogP contribution in [-0.2, 0) is 6.42 Å². The highest BCUT2D eigenvalue weighted by atomic mass is 16.5. The molecule has 5 rings (SSSR count). The van der Waals surface area contributed by atoms with Crippen molar-refractivity contribution in [3.05, 3.63) is 23.3 Å². The Morgan fingerprint density at radius 2 is 2.11 bits per heavy atom. The maximum atomic E-state index is 5.71. The molecule has 2 fully saturated rings. The fourth-order valence-electron chi connectivity index (χ4n) is 3.77. The summed E-state index contributed by atoms with van der Waals surface area (Å²) in [6.07, 6.45) is 4.16. The maximum absolute atomic E-state index is 5.71. The molecule has 4 heterocycles. The quantitative estimate of drug-likeness (QED) is 0.735. The zero-order valence-electron chi connectivity index (χ0n) is 15.7. The zero-order chi connectivity index (χ0) is 18.4. The average Bonchev–Trinajstić information content (AvgIpc) is 3.28. The molecule has 0 aromatic carbocycles. The Bertz CT molecular complexity index is 960. The predicted molar refractivity (Wildman–Crippen MR) is 99.3 cm³/mol. The molecule has 1 saturated carbocycles. The van der Waals surface area contributed by atoms with E-state index in [4.69, 9.17) is 19.0 Å². The van der Waals surface area contributed by atoms with Crippen molar-refractivity contribution in [3.63, 3.8) is 0 Å². The summed E-state index contributed by atoms with van der Waals surface area (Å²) < 4.78 is 11.3. The molecule has 0 radical (unpaired) electrons. The lowest BCUT2D eigenvalue weighted by Crippen LogP contribution is -2.44. The molecule has 1 saturated heterocycles. The van der Waals surface area contributed by atoms with E-state index in [1.54, 1.807) is 0 Å². The van der Waals surface area contributed by atoms with Gasteiger partial charge in [-0.05, 0) is 32.4 Å². The number of hydrogen-bond acceptors (Lipinski definition) is 8. The van der Waals surface area contributed by atoms with E-state index in [-0.39, 0.29) is 6.04 Å². The number of pyridine rings is 1. The molecule has 1 N–H and O–H groups in total. The molecule has 3 aromatic heterocycles. The van der Waals surface area contributed by atoms with Gasteiger partial charge < -0.3 is 14.4 Å². The lowest BCUT2D eigenvalue weighted by atomic mass is 10.1. The Hall–Kier alpha value is -2.32. The van der Waals surface area contributed by atoms with Crippen LogP contribution >= 0.6 is 0 Å². The molecule has 0 amide bonds. The van der Waals surface area contributed by atoms with Crippen LogP contribution < -0.4 is 5.32 Å². The molecule has 3 aromatic rings. The Morgan fingerprint density at radius 1 is 1.22 bits per heavy atom. The van der Waals surface area contributed by atoms with Crippen LogP contribution in [0.1, 0.15) is 55.4 Å². The number of fused-ring (bicyclic) bond motifs is 1. The summed E-state index contributed by atoms with van der Waals surface area (Å²) in [6, 6.07) is 2.21. The molecular formula is C19H24N6O2. The minimum absolute atomic E-state index is 0.120. The number of aryl methyl sites for hydroxylation is 1. The number of piperazine rings is 1. The second-order valence-electron chi connectivity index (χ2n) is 7.59. The van der Waals surface area contributed by atoms with Gasteiger partial charge in [0.1, 0.15) is 0 Å². The molecule has 1 aliphatic heterocycles. The third-order valence-corrected chi connectivity index (χ3v) is 5.50. The van der Waals surface area contributed by atoms with Crippen molar-refractivity contribution < 1.29 is 9.05 Å². The summed E-state index contributed by atoms with van der Waals surface area (Å²) in [5, 5.41) is 12.8. The van der Waals surface area contributed by atoms with Crippen LogP contribution in [0, 0.1) is 0 Å². The van der Waals surface area contributed by atoms with E-state index in [2.05, 4.69) is 40.6 Å². The summed E-state index contributed by atoms with van der Waals surface area (Å²) in [6.45, 7) is 4.90. The fraction of sp³-hybridized carbons (Fsp3) is 0.579. The van der Waals surface area contributed by atoms with Gasteiger partial charge in [-0.1, -0.05) is 23.7 Å². The van der Waals surface area contributed by atoms with Gasteiger partial charge in [-0.25, -0.2) is 4.98 Å². The van der Waals surface area contributed by atoms with Crippen LogP contribution in [0.5, 0.6) is 0 Å². The van der Waals surface area contributed by atoms with Gasteiger partial charge in [-0.2, -0.15) is 4.98 Å². The van der Waals surface area contributed by atoms with Gasteiger partial charge in [-0.15, -0.1) is 0 Å². The highest BCUT2D eigenvalue weighted by Gasteiger charge is 2.30. The Balaban J connectivity index is 1.60. The van der Waals surface area contributed by atoms with Crippen LogP contribution in [0.4, 0.5) is 0 Å². The second kappa shape index (κ2) is 6.69. The number of aromatic nitrogens is 4. The van der Waals surface area contributed by atoms with E-state index >= 15 is 0 Å². The highest BCUT2D eigenvalue weighted by Crippen LogP contribution is 2.42. The summed E-state index contributed by atoms with van der Waals surface area (Å²) in [7, 11) is 2.09. The first kappa shape index (κ1) is 16.8. The van der Waals surface area contributed by atoms with Crippen LogP contribution in [0.15, 0.2) is 15.1 Å². The maximum Gasteiger partial charge on any atom is 0.259 e. The van der Waals surface area contributed by atoms with Crippen LogP contribution in [0.2, 0.25) is 0 Å². The normalized spacial score (nSPS) is 21.2. The lowest BCUT2D eigenvalue weighted by Gasteiger charge is -2.30. The standard InChI is InChI=1S/C19H24N6O2/c1-3-4-13-16-12(9-14(11-5-6-11)21-19(16)27-23-13)18-22-17(24-26-18)15-10-20-7-8-25(15)2/h9,11,15,20H,3-8,10H2,1-2H3. The minimum Gasteiger partial charge on any atom is -0.336 e. The first-order valence-corrected chi connectivity index (χ1v) is 9.78. The van der Waals surface area contributed by atoms with Gasteiger partial charge in [0.15, 0.2) is 5.82 Å². The first-order valence-electron chi connectivity index (χ1n) is 9.78. The molecule has 142 valence electrons. The smallest absolute Gasteiger partial charge is 0.259 e. The van der Waals surface area contributed by atoms with Gasteiger partial charge in [0.25, 0.3) is 11.6 Å². The SMILES string of the molecule is CCCc1noc2nc(C3CC3)cc(-c3nc(C4CNCCN4C)no3)c12. The topological polar surface area (TPSA) is 93.1 Å². The Morgan fingerprint density at radius 3 is 2.89 bits per heavy atom. The van der Waals surface area contributed by atoms with Gasteiger partial charge in [0.2, 0.25) is 0 Å². The molecule has 1 unspecified atom stereocenters. The van der Waals surface area contributed by atoms with Gasteiger partial charge >= 0.3 is 0 Å². The minimum atomic E-state index is 0.120. The summed E-state index contributed by atoms with van der Waals surface area (Å²) >= 11 is 0. The van der Waals surface area contributed by atoms with E-state index in [9.17, 15) is 0 Å². The van der Waals surface area contributed by atoms with Crippen molar-refractivity contribution in [1.29, 1.82) is 0 Å². The summed E-state index contributed by atoms with van der Waals surface area (Å²) in [5.41, 5.74) is 3.42. The summed E-state index contributed by atoms with van der Waals surface area (Å²) in [4.78, 5) is 11.7. The summed E-state index contributed by atoms with van der Waals surface area (Å²) in [5.74, 6) is 1.74. The molecule has 1 atom stereocenters. The molecular weight excluding hydrogens is 344 g/mol. The number of rotatable bonds is 5. The van der Waals surface area contributed by atoms with Gasteiger partial charge in [0.05, 0.1) is 22.7 Å². The fourth-order valence-corrected chi connectivity index (χ4v) is 3.77. The Kier molecular flexibility index (Phi) is 4.17. The lowest BCUT2D eigenvalue weighted by molar-refractivity contribution is 0.190. The number of hydrogen-bond donors (Lipinski definition) is 1. The third kappa shape index (κ3) is 3.02. The number of nitrogens with one attached hydrogen (secondary N) is 1. The van der Waals surface area contributed by atoms with E-state index in [1.165, 1.54) is 12.8 Å². The molecule has 27 heavy (non-hydrogen) atoms. The third-order valence-electron chi connectivity index (χ3n) is 5.50. The van der Waals surface area contributed by atoms with Crippen LogP contribution in [-0.4, -0.2) is 51.9 Å². The van der Waals surface area contributed by atoms with Gasteiger partial charge in [0, 0.05) is 31.2 Å². The van der Waals surface area contributed by atoms with E-state index in [1.807, 2.05) is 0 Å². The van der Waals surface area contributed by atoms with Gasteiger partial charge in [-0.3, -0.25) is 4.90 Å². The molecule has 8 heteroatoms. The van der Waals surface area contributed by atoms with Crippen molar-refractivity contribution >= 4 is 11.1 Å². The van der Waals surface area contributed by atoms with Crippen LogP contribution in [0.25, 0.3) is 22.6 Å².